The van der Waals surface area contributed by atoms with Crippen LogP contribution in [-0.2, 0) is 0 Å². The van der Waals surface area contributed by atoms with Crippen LogP contribution in [0.2, 0.25) is 0 Å². The molecule has 0 bridgehead atoms. The number of aryl methyl sites for hydroxylation is 1. The van der Waals surface area contributed by atoms with Crippen molar-refractivity contribution in [1.82, 2.24) is 19.7 Å². The fourth-order valence-corrected chi connectivity index (χ4v) is 3.36. The molecule has 2 aromatic rings. The standard InChI is InChI=1S/C12H17N5S/c1-8-10-11(14-7-15-12(10)18-16-8)17-4-3-9(6-17)5-13-2/h7,9,13H,3-6H2,1-2H3. The quantitative estimate of drug-likeness (QED) is 0.908. The molecule has 1 atom stereocenters. The molecule has 0 saturated carbocycles. The van der Waals surface area contributed by atoms with Gasteiger partial charge in [0.25, 0.3) is 0 Å². The topological polar surface area (TPSA) is 53.9 Å². The summed E-state index contributed by atoms with van der Waals surface area (Å²) in [5, 5.41) is 4.39. The lowest BCUT2D eigenvalue weighted by atomic mass is 10.1. The molecule has 3 heterocycles. The number of rotatable bonds is 3. The second-order valence-electron chi connectivity index (χ2n) is 4.80. The first-order valence-corrected chi connectivity index (χ1v) is 7.03. The average Bonchev–Trinajstić information content (AvgIpc) is 2.98. The summed E-state index contributed by atoms with van der Waals surface area (Å²) in [6.07, 6.45) is 2.88. The lowest BCUT2D eigenvalue weighted by Crippen LogP contribution is -2.25. The molecule has 0 spiro atoms. The van der Waals surface area contributed by atoms with Gasteiger partial charge >= 0.3 is 0 Å². The second-order valence-corrected chi connectivity index (χ2v) is 5.56. The largest absolute Gasteiger partial charge is 0.356 e. The maximum Gasteiger partial charge on any atom is 0.149 e. The highest BCUT2D eigenvalue weighted by atomic mass is 32.1. The molecule has 5 nitrogen and oxygen atoms in total. The van der Waals surface area contributed by atoms with Gasteiger partial charge in [-0.2, -0.15) is 4.37 Å². The van der Waals surface area contributed by atoms with Crippen molar-refractivity contribution >= 4 is 27.6 Å². The zero-order valence-electron chi connectivity index (χ0n) is 10.7. The Morgan fingerprint density at radius 1 is 1.50 bits per heavy atom. The number of anilines is 1. The van der Waals surface area contributed by atoms with Crippen molar-refractivity contribution < 1.29 is 0 Å². The van der Waals surface area contributed by atoms with Crippen LogP contribution in [0.5, 0.6) is 0 Å². The fourth-order valence-electron chi connectivity index (χ4n) is 2.62. The van der Waals surface area contributed by atoms with Crippen LogP contribution in [0.15, 0.2) is 6.33 Å². The van der Waals surface area contributed by atoms with E-state index >= 15 is 0 Å². The molecule has 1 N–H and O–H groups in total. The third-order valence-corrected chi connectivity index (χ3v) is 4.35. The summed E-state index contributed by atoms with van der Waals surface area (Å²) >= 11 is 1.46. The first kappa shape index (κ1) is 11.8. The molecule has 2 aromatic heterocycles. The minimum Gasteiger partial charge on any atom is -0.356 e. The van der Waals surface area contributed by atoms with Crippen LogP contribution in [0, 0.1) is 12.8 Å². The number of fused-ring (bicyclic) bond motifs is 1. The van der Waals surface area contributed by atoms with Gasteiger partial charge in [-0.1, -0.05) is 0 Å². The molecule has 0 amide bonds. The lowest BCUT2D eigenvalue weighted by Gasteiger charge is -2.18. The highest BCUT2D eigenvalue weighted by Crippen LogP contribution is 2.31. The predicted molar refractivity (Wildman–Crippen MR) is 74.2 cm³/mol. The summed E-state index contributed by atoms with van der Waals surface area (Å²) in [6, 6.07) is 0. The van der Waals surface area contributed by atoms with Gasteiger partial charge < -0.3 is 10.2 Å². The van der Waals surface area contributed by atoms with Gasteiger partial charge in [0.1, 0.15) is 17.0 Å². The number of nitrogens with zero attached hydrogens (tertiary/aromatic N) is 4. The molecule has 0 aromatic carbocycles. The Hall–Kier alpha value is -1.27. The van der Waals surface area contributed by atoms with E-state index in [1.54, 1.807) is 6.33 Å². The van der Waals surface area contributed by atoms with Gasteiger partial charge in [0.2, 0.25) is 0 Å². The van der Waals surface area contributed by atoms with E-state index in [0.717, 1.165) is 41.4 Å². The Bertz CT molecular complexity index is 552. The molecular weight excluding hydrogens is 246 g/mol. The van der Waals surface area contributed by atoms with Crippen LogP contribution < -0.4 is 10.2 Å². The minimum atomic E-state index is 0.715. The normalized spacial score (nSPS) is 19.9. The van der Waals surface area contributed by atoms with Crippen molar-refractivity contribution in [3.05, 3.63) is 12.0 Å². The number of nitrogens with one attached hydrogen (secondary N) is 1. The average molecular weight is 263 g/mol. The van der Waals surface area contributed by atoms with Crippen LogP contribution in [0.3, 0.4) is 0 Å². The zero-order valence-corrected chi connectivity index (χ0v) is 11.5. The van der Waals surface area contributed by atoms with E-state index in [9.17, 15) is 0 Å². The third-order valence-electron chi connectivity index (χ3n) is 3.50. The number of hydrogen-bond donors (Lipinski definition) is 1. The summed E-state index contributed by atoms with van der Waals surface area (Å²) in [6.45, 7) is 5.26. The highest BCUT2D eigenvalue weighted by Gasteiger charge is 2.25. The van der Waals surface area contributed by atoms with E-state index in [4.69, 9.17) is 0 Å². The van der Waals surface area contributed by atoms with E-state index in [2.05, 4.69) is 24.6 Å². The van der Waals surface area contributed by atoms with Gasteiger partial charge in [0, 0.05) is 13.1 Å². The van der Waals surface area contributed by atoms with Crippen LogP contribution in [0.1, 0.15) is 12.1 Å². The third kappa shape index (κ3) is 1.95. The van der Waals surface area contributed by atoms with Crippen molar-refractivity contribution in [1.29, 1.82) is 0 Å². The van der Waals surface area contributed by atoms with Crippen molar-refractivity contribution in [3.63, 3.8) is 0 Å². The SMILES string of the molecule is CNCC1CCN(c2ncnc3snc(C)c23)C1. The van der Waals surface area contributed by atoms with Crippen molar-refractivity contribution in [2.45, 2.75) is 13.3 Å². The molecule has 18 heavy (non-hydrogen) atoms. The van der Waals surface area contributed by atoms with Crippen LogP contribution in [0.4, 0.5) is 5.82 Å². The smallest absolute Gasteiger partial charge is 0.149 e. The van der Waals surface area contributed by atoms with Crippen LogP contribution in [0.25, 0.3) is 10.2 Å². The first-order valence-electron chi connectivity index (χ1n) is 6.26. The minimum absolute atomic E-state index is 0.715. The highest BCUT2D eigenvalue weighted by molar-refractivity contribution is 7.13. The predicted octanol–water partition coefficient (Wildman–Crippen LogP) is 1.44. The van der Waals surface area contributed by atoms with E-state index in [1.807, 2.05) is 14.0 Å². The van der Waals surface area contributed by atoms with Crippen LogP contribution in [-0.4, -0.2) is 41.0 Å². The molecule has 96 valence electrons. The molecule has 6 heteroatoms. The second kappa shape index (κ2) is 4.78. The van der Waals surface area contributed by atoms with Crippen molar-refractivity contribution in [3.8, 4) is 0 Å². The summed E-state index contributed by atoms with van der Waals surface area (Å²) < 4.78 is 4.38. The summed E-state index contributed by atoms with van der Waals surface area (Å²) in [5.41, 5.74) is 1.04. The Balaban J connectivity index is 1.93. The molecule has 1 saturated heterocycles. The van der Waals surface area contributed by atoms with E-state index in [1.165, 1.54) is 18.0 Å². The van der Waals surface area contributed by atoms with Gasteiger partial charge in [-0.25, -0.2) is 9.97 Å². The Morgan fingerprint density at radius 3 is 3.22 bits per heavy atom. The van der Waals surface area contributed by atoms with Crippen molar-refractivity contribution in [2.24, 2.45) is 5.92 Å². The summed E-state index contributed by atoms with van der Waals surface area (Å²) in [7, 11) is 2.01. The number of aromatic nitrogens is 3. The van der Waals surface area contributed by atoms with Crippen molar-refractivity contribution in [2.75, 3.05) is 31.6 Å². The Kier molecular flexibility index (Phi) is 3.13. The maximum atomic E-state index is 4.48. The summed E-state index contributed by atoms with van der Waals surface area (Å²) in [5.74, 6) is 1.77. The first-order chi connectivity index (χ1) is 8.79. The Morgan fingerprint density at radius 2 is 2.39 bits per heavy atom. The van der Waals surface area contributed by atoms with Gasteiger partial charge in [-0.15, -0.1) is 0 Å². The van der Waals surface area contributed by atoms with E-state index < -0.39 is 0 Å². The van der Waals surface area contributed by atoms with Gasteiger partial charge in [-0.05, 0) is 44.4 Å². The molecule has 0 radical (unpaired) electrons. The molecular formula is C12H17N5S. The van der Waals surface area contributed by atoms with E-state index in [-0.39, 0.29) is 0 Å². The van der Waals surface area contributed by atoms with Gasteiger partial charge in [0.15, 0.2) is 0 Å². The monoisotopic (exact) mass is 263 g/mol. The Labute approximate surface area is 110 Å². The lowest BCUT2D eigenvalue weighted by molar-refractivity contribution is 0.549. The van der Waals surface area contributed by atoms with E-state index in [0.29, 0.717) is 5.92 Å². The molecule has 3 rings (SSSR count). The number of hydrogen-bond acceptors (Lipinski definition) is 6. The zero-order chi connectivity index (χ0) is 12.5. The van der Waals surface area contributed by atoms with Gasteiger partial charge in [-0.3, -0.25) is 0 Å². The van der Waals surface area contributed by atoms with Crippen LogP contribution >= 0.6 is 11.5 Å². The van der Waals surface area contributed by atoms with Gasteiger partial charge in [0.05, 0.1) is 11.1 Å². The fraction of sp³-hybridized carbons (Fsp3) is 0.583. The molecule has 0 aliphatic carbocycles. The molecule has 1 fully saturated rings. The maximum absolute atomic E-state index is 4.48. The molecule has 1 unspecified atom stereocenters. The summed E-state index contributed by atoms with van der Waals surface area (Å²) in [4.78, 5) is 12.1. The molecule has 1 aliphatic heterocycles. The molecule has 1 aliphatic rings.